The van der Waals surface area contributed by atoms with Gasteiger partial charge in [-0.25, -0.2) is 0 Å². The van der Waals surface area contributed by atoms with Crippen LogP contribution in [0.4, 0.5) is 0 Å². The van der Waals surface area contributed by atoms with Gasteiger partial charge in [0.2, 0.25) is 0 Å². The molecule has 0 unspecified atom stereocenters. The zero-order valence-corrected chi connectivity index (χ0v) is 17.3. The van der Waals surface area contributed by atoms with Gasteiger partial charge in [-0.1, -0.05) is 24.3 Å². The minimum absolute atomic E-state index is 0.245. The summed E-state index contributed by atoms with van der Waals surface area (Å²) < 4.78 is 2.10. The molecule has 27 heavy (non-hydrogen) atoms. The van der Waals surface area contributed by atoms with Crippen molar-refractivity contribution in [1.82, 2.24) is 19.6 Å². The van der Waals surface area contributed by atoms with E-state index in [1.54, 1.807) is 0 Å². The fraction of sp³-hybridized carbons (Fsp3) is 0.591. The van der Waals surface area contributed by atoms with E-state index in [-0.39, 0.29) is 6.61 Å². The second-order valence-corrected chi connectivity index (χ2v) is 7.76. The molecule has 0 bridgehead atoms. The minimum Gasteiger partial charge on any atom is -0.396 e. The van der Waals surface area contributed by atoms with Gasteiger partial charge in [-0.2, -0.15) is 5.10 Å². The quantitative estimate of drug-likeness (QED) is 0.814. The van der Waals surface area contributed by atoms with Gasteiger partial charge < -0.3 is 5.11 Å². The lowest BCUT2D eigenvalue weighted by atomic mass is 10.0. The predicted molar refractivity (Wildman–Crippen MR) is 110 cm³/mol. The maximum atomic E-state index is 9.60. The van der Waals surface area contributed by atoms with Crippen LogP contribution in [0.1, 0.15) is 41.4 Å². The molecule has 0 aliphatic carbocycles. The van der Waals surface area contributed by atoms with E-state index in [0.29, 0.717) is 6.04 Å². The van der Waals surface area contributed by atoms with Crippen LogP contribution in [0.25, 0.3) is 0 Å². The van der Waals surface area contributed by atoms with Crippen LogP contribution in [-0.2, 0) is 19.6 Å². The third-order valence-electron chi connectivity index (χ3n) is 6.00. The van der Waals surface area contributed by atoms with Crippen molar-refractivity contribution < 1.29 is 5.11 Å². The van der Waals surface area contributed by atoms with E-state index < -0.39 is 0 Å². The van der Waals surface area contributed by atoms with Crippen LogP contribution in [0, 0.1) is 20.8 Å². The normalized spacial score (nSPS) is 18.9. The number of hydrogen-bond donors (Lipinski definition) is 1. The lowest BCUT2D eigenvalue weighted by Crippen LogP contribution is -2.52. The maximum absolute atomic E-state index is 9.60. The highest BCUT2D eigenvalue weighted by Crippen LogP contribution is 2.22. The van der Waals surface area contributed by atoms with Crippen LogP contribution in [0.2, 0.25) is 0 Å². The fourth-order valence-electron chi connectivity index (χ4n) is 4.23. The second kappa shape index (κ2) is 9.00. The van der Waals surface area contributed by atoms with Gasteiger partial charge in [0.1, 0.15) is 0 Å². The van der Waals surface area contributed by atoms with Gasteiger partial charge in [0.05, 0.1) is 5.69 Å². The van der Waals surface area contributed by atoms with Crippen molar-refractivity contribution in [2.45, 2.75) is 59.8 Å². The average Bonchev–Trinajstić information content (AvgIpc) is 2.93. The summed E-state index contributed by atoms with van der Waals surface area (Å²) in [6.45, 7) is 14.8. The smallest absolute Gasteiger partial charge is 0.0641 e. The molecule has 0 spiro atoms. The SMILES string of the molecule is CCn1nc(C)c(CN2CCN(Cc3ccccc3C)[C@@H](CCO)C2)c1C. The molecular formula is C22H34N4O. The van der Waals surface area contributed by atoms with E-state index >= 15 is 0 Å². The van der Waals surface area contributed by atoms with Gasteiger partial charge in [0.15, 0.2) is 0 Å². The Bertz CT molecular complexity index is 755. The van der Waals surface area contributed by atoms with Crippen LogP contribution < -0.4 is 0 Å². The average molecular weight is 371 g/mol. The summed E-state index contributed by atoms with van der Waals surface area (Å²) in [6.07, 6.45) is 0.828. The summed E-state index contributed by atoms with van der Waals surface area (Å²) in [5.74, 6) is 0. The van der Waals surface area contributed by atoms with Crippen LogP contribution in [0.3, 0.4) is 0 Å². The van der Waals surface area contributed by atoms with E-state index in [9.17, 15) is 5.11 Å². The second-order valence-electron chi connectivity index (χ2n) is 7.76. The Labute approximate surface area is 163 Å². The standard InChI is InChI=1S/C22H34N4O/c1-5-26-19(4)22(18(3)23-26)16-24-11-12-25(21(15-24)10-13-27)14-20-9-7-6-8-17(20)2/h6-9,21,27H,5,10-16H2,1-4H3/t21-/m0/s1. The minimum atomic E-state index is 0.245. The topological polar surface area (TPSA) is 44.5 Å². The van der Waals surface area contributed by atoms with Crippen LogP contribution in [0.5, 0.6) is 0 Å². The monoisotopic (exact) mass is 370 g/mol. The number of aliphatic hydroxyl groups is 1. The third kappa shape index (κ3) is 4.60. The van der Waals surface area contributed by atoms with Crippen LogP contribution in [-0.4, -0.2) is 57.0 Å². The molecule has 0 amide bonds. The van der Waals surface area contributed by atoms with Gasteiger partial charge >= 0.3 is 0 Å². The van der Waals surface area contributed by atoms with E-state index in [4.69, 9.17) is 0 Å². The molecule has 1 fully saturated rings. The van der Waals surface area contributed by atoms with Gasteiger partial charge in [-0.05, 0) is 45.2 Å². The van der Waals surface area contributed by atoms with Crippen molar-refractivity contribution in [2.24, 2.45) is 0 Å². The zero-order chi connectivity index (χ0) is 19.4. The number of rotatable bonds is 7. The predicted octanol–water partition coefficient (Wildman–Crippen LogP) is 2.90. The van der Waals surface area contributed by atoms with Crippen molar-refractivity contribution >= 4 is 0 Å². The van der Waals surface area contributed by atoms with Crippen molar-refractivity contribution in [3.63, 3.8) is 0 Å². The van der Waals surface area contributed by atoms with E-state index in [1.165, 1.54) is 22.4 Å². The Morgan fingerprint density at radius 3 is 2.56 bits per heavy atom. The number of nitrogens with zero attached hydrogens (tertiary/aromatic N) is 4. The molecular weight excluding hydrogens is 336 g/mol. The zero-order valence-electron chi connectivity index (χ0n) is 17.3. The molecule has 148 valence electrons. The molecule has 3 rings (SSSR count). The van der Waals surface area contributed by atoms with E-state index in [2.05, 4.69) is 71.5 Å². The summed E-state index contributed by atoms with van der Waals surface area (Å²) in [5.41, 5.74) is 6.55. The van der Waals surface area contributed by atoms with Crippen molar-refractivity contribution in [2.75, 3.05) is 26.2 Å². The Morgan fingerprint density at radius 1 is 1.11 bits per heavy atom. The fourth-order valence-corrected chi connectivity index (χ4v) is 4.23. The highest BCUT2D eigenvalue weighted by molar-refractivity contribution is 5.26. The molecule has 1 aliphatic rings. The Hall–Kier alpha value is -1.69. The number of piperazine rings is 1. The number of benzene rings is 1. The van der Waals surface area contributed by atoms with Gasteiger partial charge in [0.25, 0.3) is 0 Å². The first kappa shape index (κ1) is 20.1. The molecule has 1 aliphatic heterocycles. The Morgan fingerprint density at radius 2 is 1.89 bits per heavy atom. The molecule has 0 radical (unpaired) electrons. The van der Waals surface area contributed by atoms with Crippen molar-refractivity contribution in [3.05, 3.63) is 52.3 Å². The van der Waals surface area contributed by atoms with Crippen LogP contribution >= 0.6 is 0 Å². The summed E-state index contributed by atoms with van der Waals surface area (Å²) >= 11 is 0. The number of aryl methyl sites for hydroxylation is 3. The van der Waals surface area contributed by atoms with Gasteiger partial charge in [-0.3, -0.25) is 14.5 Å². The lowest BCUT2D eigenvalue weighted by molar-refractivity contribution is 0.0497. The summed E-state index contributed by atoms with van der Waals surface area (Å²) in [5, 5.41) is 14.3. The Kier molecular flexibility index (Phi) is 6.68. The molecule has 0 saturated carbocycles. The molecule has 2 aromatic rings. The summed E-state index contributed by atoms with van der Waals surface area (Å²) in [4.78, 5) is 5.08. The molecule has 1 atom stereocenters. The van der Waals surface area contributed by atoms with Crippen LogP contribution in [0.15, 0.2) is 24.3 Å². The molecule has 1 aromatic carbocycles. The number of aromatic nitrogens is 2. The summed E-state index contributed by atoms with van der Waals surface area (Å²) in [6, 6.07) is 9.03. The third-order valence-corrected chi connectivity index (χ3v) is 6.00. The van der Waals surface area contributed by atoms with Gasteiger partial charge in [0, 0.05) is 63.2 Å². The maximum Gasteiger partial charge on any atom is 0.0641 e. The summed E-state index contributed by atoms with van der Waals surface area (Å²) in [7, 11) is 0. The number of aliphatic hydroxyl groups excluding tert-OH is 1. The molecule has 2 heterocycles. The molecule has 1 aromatic heterocycles. The Balaban J connectivity index is 1.69. The molecule has 1 saturated heterocycles. The van der Waals surface area contributed by atoms with E-state index in [0.717, 1.165) is 51.4 Å². The lowest BCUT2D eigenvalue weighted by Gasteiger charge is -2.41. The highest BCUT2D eigenvalue weighted by Gasteiger charge is 2.28. The number of hydrogen-bond acceptors (Lipinski definition) is 4. The highest BCUT2D eigenvalue weighted by atomic mass is 16.3. The first-order valence-electron chi connectivity index (χ1n) is 10.2. The molecule has 5 heteroatoms. The molecule has 1 N–H and O–H groups in total. The molecule has 5 nitrogen and oxygen atoms in total. The van der Waals surface area contributed by atoms with Gasteiger partial charge in [-0.15, -0.1) is 0 Å². The first-order chi connectivity index (χ1) is 13.0. The van der Waals surface area contributed by atoms with E-state index in [1.807, 2.05) is 0 Å². The first-order valence-corrected chi connectivity index (χ1v) is 10.2. The van der Waals surface area contributed by atoms with Crippen molar-refractivity contribution in [1.29, 1.82) is 0 Å². The largest absolute Gasteiger partial charge is 0.396 e. The van der Waals surface area contributed by atoms with Crippen molar-refractivity contribution in [3.8, 4) is 0 Å².